The van der Waals surface area contributed by atoms with Crippen LogP contribution < -0.4 is 10.4 Å². The molecule has 1 amide bonds. The number of hydrogen-bond donors (Lipinski definition) is 1. The van der Waals surface area contributed by atoms with Crippen molar-refractivity contribution < 1.29 is 19.0 Å². The number of carbonyl (C=O) groups excluding carboxylic acids is 1. The van der Waals surface area contributed by atoms with Gasteiger partial charge in [0.2, 0.25) is 0 Å². The largest absolute Gasteiger partial charge is 0.873 e. The van der Waals surface area contributed by atoms with Gasteiger partial charge >= 0.3 is 0 Å². The molecule has 1 saturated carbocycles. The van der Waals surface area contributed by atoms with Crippen molar-refractivity contribution in [2.75, 3.05) is 7.11 Å². The first-order valence-electron chi connectivity index (χ1n) is 9.57. The van der Waals surface area contributed by atoms with E-state index in [1.165, 1.54) is 12.1 Å². The molecule has 4 nitrogen and oxygen atoms in total. The van der Waals surface area contributed by atoms with Gasteiger partial charge in [-0.05, 0) is 73.1 Å². The molecule has 0 unspecified atom stereocenters. The van der Waals surface area contributed by atoms with Crippen LogP contribution in [-0.2, 0) is 9.53 Å². The molecule has 0 bridgehead atoms. The highest BCUT2D eigenvalue weighted by Crippen LogP contribution is 2.41. The number of halogens is 1. The molecule has 4 rings (SSSR count). The van der Waals surface area contributed by atoms with Crippen molar-refractivity contribution in [3.63, 3.8) is 0 Å². The number of carbonyl (C=O) groups is 1. The van der Waals surface area contributed by atoms with Gasteiger partial charge in [0.15, 0.2) is 0 Å². The number of hydrogen-bond acceptors (Lipinski definition) is 3. The average molecular weight is 380 g/mol. The summed E-state index contributed by atoms with van der Waals surface area (Å²) < 4.78 is 18.6. The fourth-order valence-corrected chi connectivity index (χ4v) is 4.31. The number of benzene rings is 2. The average Bonchev–Trinajstić information content (AvgIpc) is 2.93. The standard InChI is InChI=1S/C23H24FNO3/c1-14-3-4-16(15-5-7-17(24)8-6-15)13-19(14)20-21(26)23(25-22(20)27)11-9-18(28-2)10-12-23/h3-8,13,18,26H,9-12H2,1-2H3,(H,25,27)/p-1. The van der Waals surface area contributed by atoms with Crippen LogP contribution in [0.3, 0.4) is 0 Å². The summed E-state index contributed by atoms with van der Waals surface area (Å²) in [5.41, 5.74) is 2.63. The van der Waals surface area contributed by atoms with Crippen LogP contribution in [0.1, 0.15) is 36.8 Å². The third-order valence-electron chi connectivity index (χ3n) is 6.05. The third kappa shape index (κ3) is 3.10. The molecule has 2 aliphatic rings. The number of rotatable bonds is 3. The quantitative estimate of drug-likeness (QED) is 0.889. The molecule has 0 atom stereocenters. The van der Waals surface area contributed by atoms with Gasteiger partial charge < -0.3 is 15.2 Å². The van der Waals surface area contributed by atoms with Crippen molar-refractivity contribution in [2.24, 2.45) is 0 Å². The van der Waals surface area contributed by atoms with Gasteiger partial charge in [0.25, 0.3) is 5.91 Å². The van der Waals surface area contributed by atoms with Gasteiger partial charge in [-0.3, -0.25) is 4.79 Å². The monoisotopic (exact) mass is 380 g/mol. The molecule has 2 aromatic rings. The lowest BCUT2D eigenvalue weighted by atomic mass is 9.79. The Morgan fingerprint density at radius 2 is 1.75 bits per heavy atom. The second-order valence-corrected chi connectivity index (χ2v) is 7.71. The SMILES string of the molecule is COC1CCC2(CC1)NC(=O)C(c1cc(-c3ccc(F)cc3)ccc1C)=C2[O-]. The highest BCUT2D eigenvalue weighted by atomic mass is 19.1. The molecule has 0 radical (unpaired) electrons. The molecule has 5 heteroatoms. The maximum absolute atomic E-state index is 13.3. The van der Waals surface area contributed by atoms with Crippen molar-refractivity contribution in [3.05, 3.63) is 65.2 Å². The van der Waals surface area contributed by atoms with Gasteiger partial charge in [-0.25, -0.2) is 4.39 Å². The molecule has 146 valence electrons. The summed E-state index contributed by atoms with van der Waals surface area (Å²) in [5, 5.41) is 16.3. The highest BCUT2D eigenvalue weighted by molar-refractivity contribution is 6.23. The first kappa shape index (κ1) is 18.7. The van der Waals surface area contributed by atoms with Gasteiger partial charge in [-0.2, -0.15) is 0 Å². The summed E-state index contributed by atoms with van der Waals surface area (Å²) in [7, 11) is 1.68. The summed E-state index contributed by atoms with van der Waals surface area (Å²) >= 11 is 0. The highest BCUT2D eigenvalue weighted by Gasteiger charge is 2.43. The third-order valence-corrected chi connectivity index (χ3v) is 6.05. The molecule has 2 aromatic carbocycles. The van der Waals surface area contributed by atoms with E-state index >= 15 is 0 Å². The normalized spacial score (nSPS) is 24.7. The van der Waals surface area contributed by atoms with Crippen LogP contribution in [0.25, 0.3) is 16.7 Å². The van der Waals surface area contributed by atoms with E-state index in [1.807, 2.05) is 25.1 Å². The van der Waals surface area contributed by atoms with Gasteiger partial charge in [0.1, 0.15) is 5.82 Å². The molecule has 0 saturated heterocycles. The Balaban J connectivity index is 1.74. The fraction of sp³-hybridized carbons (Fsp3) is 0.348. The first-order valence-corrected chi connectivity index (χ1v) is 9.57. The first-order chi connectivity index (χ1) is 13.4. The minimum absolute atomic E-state index is 0.119. The predicted octanol–water partition coefficient (Wildman–Crippen LogP) is 3.33. The predicted molar refractivity (Wildman–Crippen MR) is 104 cm³/mol. The molecule has 1 N–H and O–H groups in total. The van der Waals surface area contributed by atoms with Gasteiger partial charge in [0, 0.05) is 12.7 Å². The van der Waals surface area contributed by atoms with Crippen molar-refractivity contribution in [3.8, 4) is 11.1 Å². The van der Waals surface area contributed by atoms with Crippen molar-refractivity contribution in [1.29, 1.82) is 0 Å². The topological polar surface area (TPSA) is 61.4 Å². The molecule has 0 aromatic heterocycles. The van der Waals surface area contributed by atoms with Gasteiger partial charge in [-0.15, -0.1) is 0 Å². The Bertz CT molecular complexity index is 941. The second kappa shape index (κ2) is 7.06. The van der Waals surface area contributed by atoms with Crippen molar-refractivity contribution in [2.45, 2.75) is 44.2 Å². The Kier molecular flexibility index (Phi) is 4.71. The number of nitrogens with one attached hydrogen (secondary N) is 1. The van der Waals surface area contributed by atoms with Crippen LogP contribution in [0.4, 0.5) is 4.39 Å². The maximum Gasteiger partial charge on any atom is 0.251 e. The van der Waals surface area contributed by atoms with E-state index in [0.717, 1.165) is 29.5 Å². The molecule has 1 fully saturated rings. The lowest BCUT2D eigenvalue weighted by molar-refractivity contribution is -0.317. The van der Waals surface area contributed by atoms with Gasteiger partial charge in [-0.1, -0.05) is 30.0 Å². The Labute approximate surface area is 164 Å². The van der Waals surface area contributed by atoms with Crippen molar-refractivity contribution in [1.82, 2.24) is 5.32 Å². The van der Waals surface area contributed by atoms with Crippen LogP contribution in [0.5, 0.6) is 0 Å². The smallest absolute Gasteiger partial charge is 0.251 e. The zero-order valence-corrected chi connectivity index (χ0v) is 16.0. The van der Waals surface area contributed by atoms with Crippen LogP contribution in [-0.4, -0.2) is 24.7 Å². The Morgan fingerprint density at radius 3 is 2.39 bits per heavy atom. The van der Waals surface area contributed by atoms with E-state index in [-0.39, 0.29) is 29.2 Å². The molecule has 1 spiro atoms. The van der Waals surface area contributed by atoms with E-state index in [4.69, 9.17) is 4.74 Å². The minimum atomic E-state index is -0.806. The van der Waals surface area contributed by atoms with Crippen LogP contribution in [0.15, 0.2) is 48.2 Å². The van der Waals surface area contributed by atoms with Gasteiger partial charge in [0.05, 0.1) is 11.6 Å². The molecule has 1 aliphatic carbocycles. The van der Waals surface area contributed by atoms with E-state index in [0.29, 0.717) is 18.4 Å². The van der Waals surface area contributed by atoms with Crippen LogP contribution in [0, 0.1) is 12.7 Å². The van der Waals surface area contributed by atoms with Crippen molar-refractivity contribution >= 4 is 11.5 Å². The molecular formula is C23H23FNO3-. The summed E-state index contributed by atoms with van der Waals surface area (Å²) in [4.78, 5) is 12.8. The Hall–Kier alpha value is -2.66. The molecule has 1 heterocycles. The number of aryl methyl sites for hydroxylation is 1. The second-order valence-electron chi connectivity index (χ2n) is 7.71. The zero-order chi connectivity index (χ0) is 19.9. The summed E-state index contributed by atoms with van der Waals surface area (Å²) in [5.74, 6) is -0.726. The number of ether oxygens (including phenoxy) is 1. The summed E-state index contributed by atoms with van der Waals surface area (Å²) in [6.45, 7) is 1.89. The lowest BCUT2D eigenvalue weighted by Gasteiger charge is -2.41. The van der Waals surface area contributed by atoms with E-state index < -0.39 is 5.54 Å². The van der Waals surface area contributed by atoms with E-state index in [1.54, 1.807) is 19.2 Å². The summed E-state index contributed by atoms with van der Waals surface area (Å²) in [6, 6.07) is 11.9. The van der Waals surface area contributed by atoms with E-state index in [2.05, 4.69) is 5.32 Å². The van der Waals surface area contributed by atoms with Crippen LogP contribution in [0.2, 0.25) is 0 Å². The number of methoxy groups -OCH3 is 1. The lowest BCUT2D eigenvalue weighted by Crippen LogP contribution is -2.50. The molecule has 28 heavy (non-hydrogen) atoms. The fourth-order valence-electron chi connectivity index (χ4n) is 4.31. The zero-order valence-electron chi connectivity index (χ0n) is 16.0. The molecule has 1 aliphatic heterocycles. The number of amides is 1. The maximum atomic E-state index is 13.3. The van der Waals surface area contributed by atoms with Crippen LogP contribution >= 0.6 is 0 Å². The minimum Gasteiger partial charge on any atom is -0.873 e. The summed E-state index contributed by atoms with van der Waals surface area (Å²) in [6.07, 6.45) is 2.84. The molecular weight excluding hydrogens is 357 g/mol. The van der Waals surface area contributed by atoms with E-state index in [9.17, 15) is 14.3 Å². The Morgan fingerprint density at radius 1 is 1.11 bits per heavy atom.